The van der Waals surface area contributed by atoms with E-state index in [9.17, 15) is 8.78 Å². The van der Waals surface area contributed by atoms with Crippen molar-refractivity contribution in [2.45, 2.75) is 19.9 Å². The predicted molar refractivity (Wildman–Crippen MR) is 68.3 cm³/mol. The summed E-state index contributed by atoms with van der Waals surface area (Å²) in [6.45, 7) is 3.92. The van der Waals surface area contributed by atoms with Gasteiger partial charge in [-0.2, -0.15) is 0 Å². The fraction of sp³-hybridized carbons (Fsp3) is 0.200. The molecule has 1 nitrogen and oxygen atoms in total. The lowest BCUT2D eigenvalue weighted by Gasteiger charge is -2.16. The van der Waals surface area contributed by atoms with Gasteiger partial charge >= 0.3 is 0 Å². The third kappa shape index (κ3) is 2.41. The molecular formula is C15H15F2N. The first kappa shape index (κ1) is 12.7. The van der Waals surface area contributed by atoms with Gasteiger partial charge in [-0.05, 0) is 31.0 Å². The van der Waals surface area contributed by atoms with E-state index in [1.807, 2.05) is 32.0 Å². The molecule has 0 aliphatic rings. The van der Waals surface area contributed by atoms with E-state index in [2.05, 4.69) is 0 Å². The molecule has 0 radical (unpaired) electrons. The number of hydrogen-bond donors (Lipinski definition) is 1. The monoisotopic (exact) mass is 247 g/mol. The molecule has 0 spiro atoms. The summed E-state index contributed by atoms with van der Waals surface area (Å²) >= 11 is 0. The molecule has 2 N–H and O–H groups in total. The lowest BCUT2D eigenvalue weighted by Crippen LogP contribution is -2.15. The van der Waals surface area contributed by atoms with Crippen LogP contribution in [0.15, 0.2) is 36.4 Å². The summed E-state index contributed by atoms with van der Waals surface area (Å²) < 4.78 is 26.5. The molecule has 3 heteroatoms. The SMILES string of the molecule is Cc1ccc(C(N)c2ccc(F)cc2F)c(C)c1. The molecule has 94 valence electrons. The van der Waals surface area contributed by atoms with Crippen molar-refractivity contribution in [3.05, 3.63) is 70.3 Å². The fourth-order valence-corrected chi connectivity index (χ4v) is 2.10. The van der Waals surface area contributed by atoms with Gasteiger partial charge in [-0.3, -0.25) is 0 Å². The van der Waals surface area contributed by atoms with Crippen LogP contribution in [-0.4, -0.2) is 0 Å². The first-order chi connectivity index (χ1) is 8.49. The van der Waals surface area contributed by atoms with Crippen LogP contribution in [0.1, 0.15) is 28.3 Å². The summed E-state index contributed by atoms with van der Waals surface area (Å²) in [6.07, 6.45) is 0. The van der Waals surface area contributed by atoms with Gasteiger partial charge < -0.3 is 5.73 Å². The highest BCUT2D eigenvalue weighted by Gasteiger charge is 2.15. The summed E-state index contributed by atoms with van der Waals surface area (Å²) in [5, 5.41) is 0. The lowest BCUT2D eigenvalue weighted by atomic mass is 9.94. The Morgan fingerprint density at radius 3 is 2.22 bits per heavy atom. The van der Waals surface area contributed by atoms with Gasteiger partial charge in [-0.15, -0.1) is 0 Å². The summed E-state index contributed by atoms with van der Waals surface area (Å²) in [4.78, 5) is 0. The Morgan fingerprint density at radius 1 is 0.944 bits per heavy atom. The lowest BCUT2D eigenvalue weighted by molar-refractivity contribution is 0.565. The molecule has 0 bridgehead atoms. The van der Waals surface area contributed by atoms with Gasteiger partial charge in [0.05, 0.1) is 6.04 Å². The Balaban J connectivity index is 2.44. The summed E-state index contributed by atoms with van der Waals surface area (Å²) in [5.41, 5.74) is 9.35. The van der Waals surface area contributed by atoms with Gasteiger partial charge in [0.25, 0.3) is 0 Å². The van der Waals surface area contributed by atoms with Crippen molar-refractivity contribution in [3.8, 4) is 0 Å². The Bertz CT molecular complexity index is 527. The molecule has 0 aromatic heterocycles. The van der Waals surface area contributed by atoms with E-state index in [0.29, 0.717) is 5.56 Å². The summed E-state index contributed by atoms with van der Waals surface area (Å²) in [7, 11) is 0. The quantitative estimate of drug-likeness (QED) is 0.861. The van der Waals surface area contributed by atoms with E-state index in [-0.39, 0.29) is 0 Å². The van der Waals surface area contributed by atoms with Crippen LogP contribution < -0.4 is 5.73 Å². The third-order valence-corrected chi connectivity index (χ3v) is 3.06. The maximum atomic E-state index is 13.7. The average Bonchev–Trinajstić information content (AvgIpc) is 2.28. The van der Waals surface area contributed by atoms with Gasteiger partial charge in [-0.1, -0.05) is 29.8 Å². The standard InChI is InChI=1S/C15H15F2N/c1-9-3-5-12(10(2)7-9)15(18)13-6-4-11(16)8-14(13)17/h3-8,15H,18H2,1-2H3. The molecule has 0 heterocycles. The molecule has 1 atom stereocenters. The highest BCUT2D eigenvalue weighted by atomic mass is 19.1. The highest BCUT2D eigenvalue weighted by Crippen LogP contribution is 2.25. The van der Waals surface area contributed by atoms with E-state index in [0.717, 1.165) is 22.8 Å². The minimum atomic E-state index is -0.609. The molecule has 0 fully saturated rings. The maximum absolute atomic E-state index is 13.7. The van der Waals surface area contributed by atoms with Crippen LogP contribution in [0.4, 0.5) is 8.78 Å². The molecule has 2 aromatic carbocycles. The molecule has 18 heavy (non-hydrogen) atoms. The van der Waals surface area contributed by atoms with Crippen molar-refractivity contribution in [2.75, 3.05) is 0 Å². The Labute approximate surface area is 105 Å². The first-order valence-electron chi connectivity index (χ1n) is 5.76. The van der Waals surface area contributed by atoms with Crippen LogP contribution in [-0.2, 0) is 0 Å². The second-order valence-electron chi connectivity index (χ2n) is 4.50. The zero-order chi connectivity index (χ0) is 13.3. The van der Waals surface area contributed by atoms with Gasteiger partial charge in [0.15, 0.2) is 0 Å². The molecule has 0 aliphatic carbocycles. The highest BCUT2D eigenvalue weighted by molar-refractivity contribution is 5.39. The van der Waals surface area contributed by atoms with Gasteiger partial charge in [0, 0.05) is 11.6 Å². The number of nitrogens with two attached hydrogens (primary N) is 1. The van der Waals surface area contributed by atoms with Crippen LogP contribution in [0, 0.1) is 25.5 Å². The van der Waals surface area contributed by atoms with Crippen molar-refractivity contribution in [3.63, 3.8) is 0 Å². The first-order valence-corrected chi connectivity index (χ1v) is 5.76. The number of halogens is 2. The minimum Gasteiger partial charge on any atom is -0.320 e. The van der Waals surface area contributed by atoms with Crippen molar-refractivity contribution in [1.82, 2.24) is 0 Å². The molecule has 2 aromatic rings. The normalized spacial score (nSPS) is 12.5. The van der Waals surface area contributed by atoms with Crippen LogP contribution in [0.5, 0.6) is 0 Å². The van der Waals surface area contributed by atoms with E-state index >= 15 is 0 Å². The molecule has 0 aliphatic heterocycles. The second-order valence-corrected chi connectivity index (χ2v) is 4.50. The van der Waals surface area contributed by atoms with Gasteiger partial charge in [-0.25, -0.2) is 8.78 Å². The molecule has 1 unspecified atom stereocenters. The van der Waals surface area contributed by atoms with Crippen LogP contribution in [0.2, 0.25) is 0 Å². The third-order valence-electron chi connectivity index (χ3n) is 3.06. The number of benzene rings is 2. The average molecular weight is 247 g/mol. The predicted octanol–water partition coefficient (Wildman–Crippen LogP) is 3.63. The van der Waals surface area contributed by atoms with Crippen molar-refractivity contribution >= 4 is 0 Å². The number of hydrogen-bond acceptors (Lipinski definition) is 1. The summed E-state index contributed by atoms with van der Waals surface area (Å²) in [6, 6.07) is 8.72. The zero-order valence-electron chi connectivity index (χ0n) is 10.4. The summed E-state index contributed by atoms with van der Waals surface area (Å²) in [5.74, 6) is -1.20. The maximum Gasteiger partial charge on any atom is 0.131 e. The van der Waals surface area contributed by atoms with Crippen molar-refractivity contribution < 1.29 is 8.78 Å². The van der Waals surface area contributed by atoms with E-state index in [1.54, 1.807) is 0 Å². The van der Waals surface area contributed by atoms with Gasteiger partial charge in [0.2, 0.25) is 0 Å². The van der Waals surface area contributed by atoms with Gasteiger partial charge in [0.1, 0.15) is 11.6 Å². The number of aryl methyl sites for hydroxylation is 2. The Morgan fingerprint density at radius 2 is 1.61 bits per heavy atom. The van der Waals surface area contributed by atoms with Crippen molar-refractivity contribution in [1.29, 1.82) is 0 Å². The van der Waals surface area contributed by atoms with Crippen molar-refractivity contribution in [2.24, 2.45) is 5.73 Å². The molecule has 2 rings (SSSR count). The van der Waals surface area contributed by atoms with E-state index < -0.39 is 17.7 Å². The van der Waals surface area contributed by atoms with Crippen LogP contribution >= 0.6 is 0 Å². The van der Waals surface area contributed by atoms with E-state index in [1.165, 1.54) is 12.1 Å². The molecule has 0 amide bonds. The zero-order valence-corrected chi connectivity index (χ0v) is 10.4. The van der Waals surface area contributed by atoms with Crippen LogP contribution in [0.3, 0.4) is 0 Å². The molecular weight excluding hydrogens is 232 g/mol. The number of rotatable bonds is 2. The molecule has 0 saturated heterocycles. The smallest absolute Gasteiger partial charge is 0.131 e. The van der Waals surface area contributed by atoms with E-state index in [4.69, 9.17) is 5.73 Å². The Hall–Kier alpha value is -1.74. The second kappa shape index (κ2) is 4.86. The Kier molecular flexibility index (Phi) is 3.43. The largest absolute Gasteiger partial charge is 0.320 e. The topological polar surface area (TPSA) is 26.0 Å². The molecule has 0 saturated carbocycles. The minimum absolute atomic E-state index is 0.309. The van der Waals surface area contributed by atoms with Crippen LogP contribution in [0.25, 0.3) is 0 Å². The fourth-order valence-electron chi connectivity index (χ4n) is 2.10.